The van der Waals surface area contributed by atoms with Crippen molar-refractivity contribution in [3.63, 3.8) is 0 Å². The standard InChI is InChI=1S/C15H21BrO3/c1-3-19-12-6-10(7-12)8-14(17)11-4-5-15(18-2)13(16)9-11/h4-5,9-10,12,14,17H,3,6-8H2,1-2H3. The normalized spacial score (nSPS) is 23.8. The Labute approximate surface area is 123 Å². The predicted octanol–water partition coefficient (Wildman–Crippen LogP) is 3.70. The van der Waals surface area contributed by atoms with Gasteiger partial charge in [0.25, 0.3) is 0 Å². The van der Waals surface area contributed by atoms with E-state index in [1.54, 1.807) is 7.11 Å². The fourth-order valence-corrected chi connectivity index (χ4v) is 3.14. The molecule has 1 fully saturated rings. The van der Waals surface area contributed by atoms with Gasteiger partial charge in [0.05, 0.1) is 23.8 Å². The van der Waals surface area contributed by atoms with E-state index in [0.29, 0.717) is 12.0 Å². The number of methoxy groups -OCH3 is 1. The number of aliphatic hydroxyl groups excluding tert-OH is 1. The molecule has 0 bridgehead atoms. The van der Waals surface area contributed by atoms with Gasteiger partial charge in [0.1, 0.15) is 5.75 Å². The van der Waals surface area contributed by atoms with Crippen LogP contribution in [0, 0.1) is 5.92 Å². The van der Waals surface area contributed by atoms with Gasteiger partial charge in [0.15, 0.2) is 0 Å². The molecule has 1 N–H and O–H groups in total. The number of halogens is 1. The molecule has 1 aliphatic rings. The Morgan fingerprint density at radius 2 is 2.16 bits per heavy atom. The fourth-order valence-electron chi connectivity index (χ4n) is 2.58. The number of rotatable bonds is 6. The van der Waals surface area contributed by atoms with Crippen LogP contribution in [0.5, 0.6) is 5.75 Å². The van der Waals surface area contributed by atoms with Crippen LogP contribution in [0.25, 0.3) is 0 Å². The molecule has 4 heteroatoms. The number of benzene rings is 1. The van der Waals surface area contributed by atoms with E-state index >= 15 is 0 Å². The average molecular weight is 329 g/mol. The van der Waals surface area contributed by atoms with Crippen molar-refractivity contribution in [2.24, 2.45) is 5.92 Å². The Balaban J connectivity index is 1.87. The van der Waals surface area contributed by atoms with Gasteiger partial charge < -0.3 is 14.6 Å². The average Bonchev–Trinajstić information content (AvgIpc) is 2.36. The van der Waals surface area contributed by atoms with Crippen molar-refractivity contribution in [1.29, 1.82) is 0 Å². The zero-order valence-corrected chi connectivity index (χ0v) is 13.0. The third-order valence-electron chi connectivity index (χ3n) is 3.71. The molecule has 1 saturated carbocycles. The highest BCUT2D eigenvalue weighted by Crippen LogP contribution is 2.38. The van der Waals surface area contributed by atoms with Gasteiger partial charge in [-0.25, -0.2) is 0 Å². The van der Waals surface area contributed by atoms with Gasteiger partial charge in [0, 0.05) is 6.61 Å². The highest BCUT2D eigenvalue weighted by Gasteiger charge is 2.31. The molecule has 1 aromatic carbocycles. The zero-order chi connectivity index (χ0) is 13.8. The van der Waals surface area contributed by atoms with Crippen molar-refractivity contribution in [2.45, 2.75) is 38.4 Å². The second-order valence-corrected chi connectivity index (χ2v) is 5.91. The van der Waals surface area contributed by atoms with Crippen LogP contribution in [-0.2, 0) is 4.74 Å². The van der Waals surface area contributed by atoms with Crippen LogP contribution in [0.1, 0.15) is 37.9 Å². The minimum Gasteiger partial charge on any atom is -0.496 e. The fraction of sp³-hybridized carbons (Fsp3) is 0.600. The maximum atomic E-state index is 10.3. The molecule has 0 saturated heterocycles. The molecule has 3 nitrogen and oxygen atoms in total. The first-order chi connectivity index (χ1) is 9.13. The lowest BCUT2D eigenvalue weighted by atomic mass is 9.78. The van der Waals surface area contributed by atoms with Crippen LogP contribution in [0.3, 0.4) is 0 Å². The monoisotopic (exact) mass is 328 g/mol. The van der Waals surface area contributed by atoms with E-state index in [1.807, 2.05) is 25.1 Å². The predicted molar refractivity (Wildman–Crippen MR) is 78.4 cm³/mol. The maximum Gasteiger partial charge on any atom is 0.133 e. The van der Waals surface area contributed by atoms with Crippen LogP contribution in [0.2, 0.25) is 0 Å². The van der Waals surface area contributed by atoms with Crippen molar-refractivity contribution >= 4 is 15.9 Å². The number of aliphatic hydroxyl groups is 1. The summed E-state index contributed by atoms with van der Waals surface area (Å²) in [5, 5.41) is 10.3. The maximum absolute atomic E-state index is 10.3. The zero-order valence-electron chi connectivity index (χ0n) is 11.4. The summed E-state index contributed by atoms with van der Waals surface area (Å²) in [6, 6.07) is 5.74. The highest BCUT2D eigenvalue weighted by molar-refractivity contribution is 9.10. The van der Waals surface area contributed by atoms with Gasteiger partial charge in [-0.3, -0.25) is 0 Å². The van der Waals surface area contributed by atoms with E-state index in [4.69, 9.17) is 9.47 Å². The minimum absolute atomic E-state index is 0.407. The quantitative estimate of drug-likeness (QED) is 0.865. The van der Waals surface area contributed by atoms with E-state index in [0.717, 1.165) is 41.7 Å². The van der Waals surface area contributed by atoms with E-state index in [-0.39, 0.29) is 0 Å². The van der Waals surface area contributed by atoms with Gasteiger partial charge in [-0.1, -0.05) is 6.07 Å². The summed E-state index contributed by atoms with van der Waals surface area (Å²) >= 11 is 3.45. The summed E-state index contributed by atoms with van der Waals surface area (Å²) in [6.07, 6.45) is 2.95. The molecule has 2 rings (SSSR count). The number of ether oxygens (including phenoxy) is 2. The molecule has 0 aliphatic heterocycles. The molecule has 0 aromatic heterocycles. The molecule has 1 aromatic rings. The first kappa shape index (κ1) is 14.8. The summed E-state index contributed by atoms with van der Waals surface area (Å²) in [5.74, 6) is 1.36. The largest absolute Gasteiger partial charge is 0.496 e. The first-order valence-electron chi connectivity index (χ1n) is 6.77. The summed E-state index contributed by atoms with van der Waals surface area (Å²) in [7, 11) is 1.64. The van der Waals surface area contributed by atoms with Crippen LogP contribution in [0.4, 0.5) is 0 Å². The molecule has 19 heavy (non-hydrogen) atoms. The van der Waals surface area contributed by atoms with E-state index < -0.39 is 6.10 Å². The van der Waals surface area contributed by atoms with Gasteiger partial charge in [-0.15, -0.1) is 0 Å². The van der Waals surface area contributed by atoms with Crippen molar-refractivity contribution in [1.82, 2.24) is 0 Å². The molecule has 1 unspecified atom stereocenters. The van der Waals surface area contributed by atoms with Crippen LogP contribution < -0.4 is 4.74 Å². The topological polar surface area (TPSA) is 38.7 Å². The van der Waals surface area contributed by atoms with E-state index in [1.165, 1.54) is 0 Å². The molecule has 106 valence electrons. The molecule has 1 atom stereocenters. The van der Waals surface area contributed by atoms with Crippen LogP contribution in [-0.4, -0.2) is 24.9 Å². The molecule has 0 heterocycles. The Kier molecular flexibility index (Phi) is 5.25. The summed E-state index contributed by atoms with van der Waals surface area (Å²) < 4.78 is 11.6. The second kappa shape index (κ2) is 6.73. The van der Waals surface area contributed by atoms with Crippen LogP contribution in [0.15, 0.2) is 22.7 Å². The number of hydrogen-bond acceptors (Lipinski definition) is 3. The van der Waals surface area contributed by atoms with E-state index in [2.05, 4.69) is 15.9 Å². The lowest BCUT2D eigenvalue weighted by Crippen LogP contribution is -2.32. The summed E-state index contributed by atoms with van der Waals surface area (Å²) in [4.78, 5) is 0. The molecule has 0 radical (unpaired) electrons. The Bertz CT molecular complexity index is 416. The van der Waals surface area contributed by atoms with Gasteiger partial charge in [-0.05, 0) is 65.7 Å². The minimum atomic E-state index is -0.408. The van der Waals surface area contributed by atoms with Crippen molar-refractivity contribution < 1.29 is 14.6 Å². The third-order valence-corrected chi connectivity index (χ3v) is 4.33. The Hall–Kier alpha value is -0.580. The highest BCUT2D eigenvalue weighted by atomic mass is 79.9. The van der Waals surface area contributed by atoms with Crippen molar-refractivity contribution in [2.75, 3.05) is 13.7 Å². The lowest BCUT2D eigenvalue weighted by molar-refractivity contribution is -0.0380. The number of hydrogen-bond donors (Lipinski definition) is 1. The molecular formula is C15H21BrO3. The Morgan fingerprint density at radius 3 is 2.74 bits per heavy atom. The smallest absolute Gasteiger partial charge is 0.133 e. The second-order valence-electron chi connectivity index (χ2n) is 5.06. The Morgan fingerprint density at radius 1 is 1.42 bits per heavy atom. The van der Waals surface area contributed by atoms with Gasteiger partial charge >= 0.3 is 0 Å². The molecule has 0 spiro atoms. The van der Waals surface area contributed by atoms with Crippen molar-refractivity contribution in [3.8, 4) is 5.75 Å². The molecular weight excluding hydrogens is 308 g/mol. The van der Waals surface area contributed by atoms with Gasteiger partial charge in [0.2, 0.25) is 0 Å². The summed E-state index contributed by atoms with van der Waals surface area (Å²) in [6.45, 7) is 2.81. The van der Waals surface area contributed by atoms with Crippen molar-refractivity contribution in [3.05, 3.63) is 28.2 Å². The first-order valence-corrected chi connectivity index (χ1v) is 7.56. The van der Waals surface area contributed by atoms with Crippen LogP contribution >= 0.6 is 15.9 Å². The third kappa shape index (κ3) is 3.71. The summed E-state index contributed by atoms with van der Waals surface area (Å²) in [5.41, 5.74) is 0.938. The SMILES string of the molecule is CCOC1CC(CC(O)c2ccc(OC)c(Br)c2)C1. The molecule has 1 aliphatic carbocycles. The van der Waals surface area contributed by atoms with Gasteiger partial charge in [-0.2, -0.15) is 0 Å². The molecule has 0 amide bonds. The lowest BCUT2D eigenvalue weighted by Gasteiger charge is -2.36. The van der Waals surface area contributed by atoms with E-state index in [9.17, 15) is 5.11 Å².